The number of imidazole rings is 1. The van der Waals surface area contributed by atoms with Gasteiger partial charge in [0.1, 0.15) is 17.2 Å². The number of nitrogens with zero attached hydrogens (tertiary/aromatic N) is 4. The Kier molecular flexibility index (Phi) is 5.63. The fraction of sp³-hybridized carbons (Fsp3) is 0.565. The van der Waals surface area contributed by atoms with Gasteiger partial charge in [-0.25, -0.2) is 4.98 Å². The minimum atomic E-state index is -0.204. The molecule has 1 aromatic carbocycles. The summed E-state index contributed by atoms with van der Waals surface area (Å²) in [6.07, 6.45) is 7.83. The van der Waals surface area contributed by atoms with Crippen molar-refractivity contribution < 1.29 is 9.53 Å². The first-order valence-electron chi connectivity index (χ1n) is 10.7. The number of rotatable bonds is 4. The molecule has 1 fully saturated rings. The predicted octanol–water partition coefficient (Wildman–Crippen LogP) is 3.46. The Morgan fingerprint density at radius 2 is 2.07 bits per heavy atom. The molecule has 1 amide bonds. The molecular formula is C23H32N4O2. The lowest BCUT2D eigenvalue weighted by Crippen LogP contribution is -2.51. The summed E-state index contributed by atoms with van der Waals surface area (Å²) in [6, 6.07) is 8.72. The number of hydrogen-bond acceptors (Lipinski definition) is 4. The molecule has 1 aliphatic carbocycles. The van der Waals surface area contributed by atoms with Gasteiger partial charge in [0.25, 0.3) is 0 Å². The number of ether oxygens (including phenoxy) is 1. The number of fused-ring (bicyclic) bond motifs is 1. The maximum Gasteiger partial charge on any atom is 0.219 e. The standard InChI is InChI=1S/C23H32N4O2/c1-4-27-14-13-24-22(27)16-26-15-19-7-5-6-8-21(19)29-23(17-26)11-9-20(10-12-23)25(3)18(2)28/h5-8,13-14,20H,4,9-12,15-17H2,1-3H3. The number of benzene rings is 1. The fourth-order valence-corrected chi connectivity index (χ4v) is 4.83. The first-order valence-corrected chi connectivity index (χ1v) is 10.7. The minimum Gasteiger partial charge on any atom is -0.486 e. The van der Waals surface area contributed by atoms with E-state index in [1.54, 1.807) is 6.92 Å². The normalized spacial score (nSPS) is 24.6. The van der Waals surface area contributed by atoms with E-state index in [1.165, 1.54) is 5.56 Å². The van der Waals surface area contributed by atoms with Gasteiger partial charge in [-0.3, -0.25) is 9.69 Å². The maximum absolute atomic E-state index is 11.8. The third kappa shape index (κ3) is 4.17. The number of hydrogen-bond donors (Lipinski definition) is 0. The summed E-state index contributed by atoms with van der Waals surface area (Å²) in [6.45, 7) is 7.30. The molecule has 0 radical (unpaired) electrons. The van der Waals surface area contributed by atoms with Gasteiger partial charge in [-0.15, -0.1) is 0 Å². The van der Waals surface area contributed by atoms with Crippen LogP contribution in [0, 0.1) is 0 Å². The molecule has 29 heavy (non-hydrogen) atoms. The summed E-state index contributed by atoms with van der Waals surface area (Å²) < 4.78 is 8.92. The lowest BCUT2D eigenvalue weighted by Gasteiger charge is -2.43. The van der Waals surface area contributed by atoms with Crippen molar-refractivity contribution in [2.45, 2.75) is 70.8 Å². The molecule has 0 atom stereocenters. The summed E-state index contributed by atoms with van der Waals surface area (Å²) >= 11 is 0. The number of aromatic nitrogens is 2. The molecule has 0 bridgehead atoms. The number of aryl methyl sites for hydroxylation is 1. The first kappa shape index (κ1) is 20.0. The molecule has 1 aliphatic heterocycles. The van der Waals surface area contributed by atoms with Gasteiger partial charge in [0.15, 0.2) is 0 Å². The zero-order chi connectivity index (χ0) is 20.4. The van der Waals surface area contributed by atoms with Gasteiger partial charge in [0.05, 0.1) is 6.54 Å². The van der Waals surface area contributed by atoms with Crippen molar-refractivity contribution in [2.24, 2.45) is 0 Å². The first-order chi connectivity index (χ1) is 14.0. The smallest absolute Gasteiger partial charge is 0.219 e. The van der Waals surface area contributed by atoms with E-state index < -0.39 is 0 Å². The Bertz CT molecular complexity index is 854. The topological polar surface area (TPSA) is 50.6 Å². The van der Waals surface area contributed by atoms with E-state index in [2.05, 4.69) is 51.8 Å². The molecule has 2 aliphatic rings. The molecule has 2 aromatic rings. The van der Waals surface area contributed by atoms with Crippen molar-refractivity contribution in [1.29, 1.82) is 0 Å². The Morgan fingerprint density at radius 1 is 1.31 bits per heavy atom. The second-order valence-corrected chi connectivity index (χ2v) is 8.53. The van der Waals surface area contributed by atoms with E-state index >= 15 is 0 Å². The highest BCUT2D eigenvalue weighted by atomic mass is 16.5. The van der Waals surface area contributed by atoms with E-state index in [0.29, 0.717) is 6.04 Å². The zero-order valence-corrected chi connectivity index (χ0v) is 17.8. The van der Waals surface area contributed by atoms with E-state index in [0.717, 1.165) is 63.4 Å². The van der Waals surface area contributed by atoms with Crippen LogP contribution in [0.25, 0.3) is 0 Å². The number of carbonyl (C=O) groups excluding carboxylic acids is 1. The van der Waals surface area contributed by atoms with Crippen LogP contribution in [0.3, 0.4) is 0 Å². The van der Waals surface area contributed by atoms with Crippen molar-refractivity contribution in [3.05, 3.63) is 48.0 Å². The third-order valence-electron chi connectivity index (χ3n) is 6.62. The summed E-state index contributed by atoms with van der Waals surface area (Å²) in [4.78, 5) is 20.8. The lowest BCUT2D eigenvalue weighted by molar-refractivity contribution is -0.131. The molecule has 1 saturated carbocycles. The van der Waals surface area contributed by atoms with Crippen LogP contribution in [0.1, 0.15) is 50.9 Å². The van der Waals surface area contributed by atoms with Gasteiger partial charge in [-0.05, 0) is 38.7 Å². The molecule has 0 saturated heterocycles. The molecular weight excluding hydrogens is 364 g/mol. The van der Waals surface area contributed by atoms with E-state index in [4.69, 9.17) is 4.74 Å². The van der Waals surface area contributed by atoms with Crippen LogP contribution in [0.15, 0.2) is 36.7 Å². The summed E-state index contributed by atoms with van der Waals surface area (Å²) in [5, 5.41) is 0. The van der Waals surface area contributed by atoms with Gasteiger partial charge in [-0.2, -0.15) is 0 Å². The van der Waals surface area contributed by atoms with E-state index in [9.17, 15) is 4.79 Å². The highest BCUT2D eigenvalue weighted by Crippen LogP contribution is 2.39. The highest BCUT2D eigenvalue weighted by Gasteiger charge is 2.42. The lowest BCUT2D eigenvalue weighted by atomic mass is 9.81. The minimum absolute atomic E-state index is 0.145. The molecule has 156 valence electrons. The van der Waals surface area contributed by atoms with Crippen LogP contribution in [0.4, 0.5) is 0 Å². The third-order valence-corrected chi connectivity index (χ3v) is 6.62. The van der Waals surface area contributed by atoms with Crippen LogP contribution in [0.2, 0.25) is 0 Å². The van der Waals surface area contributed by atoms with E-state index in [-0.39, 0.29) is 11.5 Å². The Morgan fingerprint density at radius 3 is 2.79 bits per heavy atom. The molecule has 1 aromatic heterocycles. The van der Waals surface area contributed by atoms with Crippen LogP contribution in [-0.4, -0.2) is 50.5 Å². The van der Waals surface area contributed by atoms with Crippen molar-refractivity contribution in [3.63, 3.8) is 0 Å². The molecule has 0 N–H and O–H groups in total. The molecule has 0 unspecified atom stereocenters. The van der Waals surface area contributed by atoms with Crippen molar-refractivity contribution in [3.8, 4) is 5.75 Å². The molecule has 6 heteroatoms. The fourth-order valence-electron chi connectivity index (χ4n) is 4.83. The van der Waals surface area contributed by atoms with Crippen LogP contribution >= 0.6 is 0 Å². The maximum atomic E-state index is 11.8. The zero-order valence-electron chi connectivity index (χ0n) is 17.8. The Balaban J connectivity index is 1.57. The van der Waals surface area contributed by atoms with Crippen LogP contribution in [0.5, 0.6) is 5.75 Å². The van der Waals surface area contributed by atoms with E-state index in [1.807, 2.05) is 18.1 Å². The van der Waals surface area contributed by atoms with Crippen molar-refractivity contribution in [1.82, 2.24) is 19.4 Å². The molecule has 6 nitrogen and oxygen atoms in total. The van der Waals surface area contributed by atoms with Gasteiger partial charge in [-0.1, -0.05) is 18.2 Å². The molecule has 4 rings (SSSR count). The van der Waals surface area contributed by atoms with Gasteiger partial charge in [0, 0.05) is 57.6 Å². The number of carbonyl (C=O) groups is 1. The largest absolute Gasteiger partial charge is 0.486 e. The second kappa shape index (κ2) is 8.19. The monoisotopic (exact) mass is 396 g/mol. The average molecular weight is 397 g/mol. The number of amides is 1. The summed E-state index contributed by atoms with van der Waals surface area (Å²) in [7, 11) is 1.92. The average Bonchev–Trinajstić information content (AvgIpc) is 3.10. The molecule has 1 spiro atoms. The summed E-state index contributed by atoms with van der Waals surface area (Å²) in [5.74, 6) is 2.25. The Labute approximate surface area is 173 Å². The quantitative estimate of drug-likeness (QED) is 0.794. The van der Waals surface area contributed by atoms with Gasteiger partial charge in [0.2, 0.25) is 5.91 Å². The number of para-hydroxylation sites is 1. The summed E-state index contributed by atoms with van der Waals surface area (Å²) in [5.41, 5.74) is 1.03. The highest BCUT2D eigenvalue weighted by molar-refractivity contribution is 5.73. The second-order valence-electron chi connectivity index (χ2n) is 8.53. The van der Waals surface area contributed by atoms with Gasteiger partial charge < -0.3 is 14.2 Å². The Hall–Kier alpha value is -2.34. The van der Waals surface area contributed by atoms with Crippen molar-refractivity contribution >= 4 is 5.91 Å². The van der Waals surface area contributed by atoms with Crippen LogP contribution in [-0.2, 0) is 24.4 Å². The molecule has 2 heterocycles. The van der Waals surface area contributed by atoms with Crippen molar-refractivity contribution in [2.75, 3.05) is 13.6 Å². The SMILES string of the molecule is CCn1ccnc1CN1Cc2ccccc2OC2(CCC(N(C)C(C)=O)CC2)C1. The van der Waals surface area contributed by atoms with Gasteiger partial charge >= 0.3 is 0 Å². The van der Waals surface area contributed by atoms with Crippen LogP contribution < -0.4 is 4.74 Å². The predicted molar refractivity (Wildman–Crippen MR) is 113 cm³/mol.